The molecule has 0 saturated carbocycles. The lowest BCUT2D eigenvalue weighted by Crippen LogP contribution is -2.16. The van der Waals surface area contributed by atoms with E-state index < -0.39 is 24.1 Å². The van der Waals surface area contributed by atoms with Gasteiger partial charge in [0.05, 0.1) is 23.6 Å². The van der Waals surface area contributed by atoms with Crippen molar-refractivity contribution in [3.05, 3.63) is 48.7 Å². The third-order valence-corrected chi connectivity index (χ3v) is 3.05. The number of fused-ring (bicyclic) bond motifs is 1. The number of imidazole rings is 1. The number of hydrogen-bond donors (Lipinski definition) is 0. The molecule has 2 heterocycles. The third-order valence-electron chi connectivity index (χ3n) is 3.05. The molecule has 0 saturated heterocycles. The molecule has 0 spiro atoms. The second kappa shape index (κ2) is 5.39. The van der Waals surface area contributed by atoms with Crippen LogP contribution in [0.25, 0.3) is 16.8 Å². The number of ether oxygens (including phenoxy) is 1. The van der Waals surface area contributed by atoms with Crippen LogP contribution in [0, 0.1) is 0 Å². The minimum absolute atomic E-state index is 0.142. The van der Waals surface area contributed by atoms with Gasteiger partial charge in [0.2, 0.25) is 5.82 Å². The summed E-state index contributed by atoms with van der Waals surface area (Å²) in [7, 11) is 0. The quantitative estimate of drug-likeness (QED) is 0.649. The van der Waals surface area contributed by atoms with Crippen LogP contribution >= 0.6 is 0 Å². The van der Waals surface area contributed by atoms with Crippen molar-refractivity contribution in [2.75, 3.05) is 0 Å². The molecule has 126 valence electrons. The Balaban J connectivity index is 1.97. The highest BCUT2D eigenvalue weighted by Crippen LogP contribution is 2.30. The van der Waals surface area contributed by atoms with Gasteiger partial charge in [0.25, 0.3) is 0 Å². The van der Waals surface area contributed by atoms with Crippen LogP contribution in [-0.4, -0.2) is 20.7 Å². The van der Waals surface area contributed by atoms with E-state index in [-0.39, 0.29) is 11.2 Å². The van der Waals surface area contributed by atoms with Gasteiger partial charge in [-0.2, -0.15) is 13.2 Å². The van der Waals surface area contributed by atoms with E-state index in [1.54, 1.807) is 0 Å². The molecule has 0 amide bonds. The van der Waals surface area contributed by atoms with Gasteiger partial charge in [-0.3, -0.25) is 9.38 Å². The Morgan fingerprint density at radius 2 is 1.50 bits per heavy atom. The van der Waals surface area contributed by atoms with Crippen molar-refractivity contribution >= 4 is 5.52 Å². The van der Waals surface area contributed by atoms with Crippen LogP contribution in [0.15, 0.2) is 42.9 Å². The van der Waals surface area contributed by atoms with Gasteiger partial charge in [-0.25, -0.2) is 4.98 Å². The summed E-state index contributed by atoms with van der Waals surface area (Å²) in [5.41, 5.74) is 0.612. The van der Waals surface area contributed by atoms with Crippen molar-refractivity contribution in [1.82, 2.24) is 14.4 Å². The molecule has 1 aromatic carbocycles. The maximum absolute atomic E-state index is 12.9. The molecular formula is C14H7F6N3O. The second-order valence-corrected chi connectivity index (χ2v) is 4.72. The van der Waals surface area contributed by atoms with Crippen LogP contribution < -0.4 is 4.74 Å². The van der Waals surface area contributed by atoms with Crippen molar-refractivity contribution in [3.8, 4) is 17.0 Å². The fourth-order valence-corrected chi connectivity index (χ4v) is 2.08. The summed E-state index contributed by atoms with van der Waals surface area (Å²) in [5.74, 6) is -1.55. The largest absolute Gasteiger partial charge is 0.573 e. The zero-order valence-corrected chi connectivity index (χ0v) is 11.6. The van der Waals surface area contributed by atoms with Gasteiger partial charge < -0.3 is 4.74 Å². The first-order chi connectivity index (χ1) is 11.1. The Morgan fingerprint density at radius 1 is 0.875 bits per heavy atom. The van der Waals surface area contributed by atoms with E-state index in [0.717, 1.165) is 28.9 Å². The van der Waals surface area contributed by atoms with Crippen LogP contribution in [0.2, 0.25) is 0 Å². The summed E-state index contributed by atoms with van der Waals surface area (Å²) < 4.78 is 79.5. The summed E-state index contributed by atoms with van der Waals surface area (Å²) in [6.45, 7) is 0. The van der Waals surface area contributed by atoms with Crippen molar-refractivity contribution in [2.45, 2.75) is 12.5 Å². The number of halogens is 6. The lowest BCUT2D eigenvalue weighted by molar-refractivity contribution is -0.274. The Morgan fingerprint density at radius 3 is 2.08 bits per heavy atom. The molecule has 4 nitrogen and oxygen atoms in total. The Hall–Kier alpha value is -2.78. The first kappa shape index (κ1) is 16.1. The Bertz CT molecular complexity index is 867. The predicted octanol–water partition coefficient (Wildman–Crippen LogP) is 4.31. The number of nitrogens with zero attached hydrogens (tertiary/aromatic N) is 3. The van der Waals surface area contributed by atoms with Crippen LogP contribution in [-0.2, 0) is 6.18 Å². The van der Waals surface area contributed by atoms with Gasteiger partial charge in [0.15, 0.2) is 0 Å². The molecule has 10 heteroatoms. The first-order valence-corrected chi connectivity index (χ1v) is 6.40. The lowest BCUT2D eigenvalue weighted by atomic mass is 10.1. The minimum atomic E-state index is -4.82. The fraction of sp³-hybridized carbons (Fsp3) is 0.143. The zero-order valence-electron chi connectivity index (χ0n) is 11.6. The van der Waals surface area contributed by atoms with Crippen LogP contribution in [0.5, 0.6) is 5.75 Å². The van der Waals surface area contributed by atoms with E-state index in [0.29, 0.717) is 5.56 Å². The Kier molecular flexibility index (Phi) is 3.61. The molecule has 0 N–H and O–H groups in total. The van der Waals surface area contributed by atoms with E-state index in [2.05, 4.69) is 14.7 Å². The van der Waals surface area contributed by atoms with Gasteiger partial charge in [0.1, 0.15) is 5.75 Å². The van der Waals surface area contributed by atoms with Gasteiger partial charge >= 0.3 is 12.5 Å². The SMILES string of the molecule is FC(F)(F)Oc1ccc(-c2cn3c(C(F)(F)F)ncc3cn2)cc1. The predicted molar refractivity (Wildman–Crippen MR) is 70.1 cm³/mol. The molecule has 3 rings (SSSR count). The standard InChI is InChI=1S/C14H7F6N3O/c15-13(16,17)12-22-6-9-5-21-11(7-23(9)12)8-1-3-10(4-2-8)24-14(18,19)20/h1-7H. The van der Waals surface area contributed by atoms with Crippen molar-refractivity contribution in [1.29, 1.82) is 0 Å². The molecule has 0 aliphatic rings. The van der Waals surface area contributed by atoms with Crippen LogP contribution in [0.1, 0.15) is 5.82 Å². The summed E-state index contributed by atoms with van der Waals surface area (Å²) in [6.07, 6.45) is -6.13. The monoisotopic (exact) mass is 347 g/mol. The lowest BCUT2D eigenvalue weighted by Gasteiger charge is -2.10. The first-order valence-electron chi connectivity index (χ1n) is 6.40. The number of alkyl halides is 6. The van der Waals surface area contributed by atoms with Crippen molar-refractivity contribution in [3.63, 3.8) is 0 Å². The molecule has 0 aliphatic carbocycles. The normalized spacial score (nSPS) is 12.6. The van der Waals surface area contributed by atoms with Crippen molar-refractivity contribution < 1.29 is 31.1 Å². The third kappa shape index (κ3) is 3.26. The van der Waals surface area contributed by atoms with E-state index in [9.17, 15) is 26.3 Å². The molecule has 0 radical (unpaired) electrons. The molecule has 0 unspecified atom stereocenters. The minimum Gasteiger partial charge on any atom is -0.406 e. The summed E-state index contributed by atoms with van der Waals surface area (Å²) in [6, 6.07) is 4.62. The maximum Gasteiger partial charge on any atom is 0.573 e. The number of rotatable bonds is 2. The summed E-state index contributed by atoms with van der Waals surface area (Å²) in [4.78, 5) is 7.29. The molecular weight excluding hydrogens is 340 g/mol. The molecule has 0 atom stereocenters. The van der Waals surface area contributed by atoms with Crippen LogP contribution in [0.3, 0.4) is 0 Å². The Labute approximate surface area is 130 Å². The molecule has 2 aromatic heterocycles. The summed E-state index contributed by atoms with van der Waals surface area (Å²) in [5, 5.41) is 0. The van der Waals surface area contributed by atoms with E-state index in [4.69, 9.17) is 0 Å². The number of hydrogen-bond acceptors (Lipinski definition) is 3. The van der Waals surface area contributed by atoms with Crippen molar-refractivity contribution in [2.24, 2.45) is 0 Å². The van der Waals surface area contributed by atoms with Gasteiger partial charge in [-0.05, 0) is 24.3 Å². The molecule has 0 aliphatic heterocycles. The van der Waals surface area contributed by atoms with Gasteiger partial charge in [-0.1, -0.05) is 0 Å². The topological polar surface area (TPSA) is 39.4 Å². The summed E-state index contributed by atoms with van der Waals surface area (Å²) >= 11 is 0. The molecule has 0 bridgehead atoms. The van der Waals surface area contributed by atoms with E-state index in [1.165, 1.54) is 18.3 Å². The zero-order chi connectivity index (χ0) is 17.5. The molecule has 3 aromatic rings. The number of benzene rings is 1. The average molecular weight is 347 g/mol. The second-order valence-electron chi connectivity index (χ2n) is 4.72. The maximum atomic E-state index is 12.9. The highest BCUT2D eigenvalue weighted by molar-refractivity contribution is 5.61. The highest BCUT2D eigenvalue weighted by atomic mass is 19.4. The average Bonchev–Trinajstić information content (AvgIpc) is 2.89. The van der Waals surface area contributed by atoms with Crippen LogP contribution in [0.4, 0.5) is 26.3 Å². The van der Waals surface area contributed by atoms with E-state index >= 15 is 0 Å². The smallest absolute Gasteiger partial charge is 0.406 e. The van der Waals surface area contributed by atoms with Gasteiger partial charge in [-0.15, -0.1) is 13.2 Å². The van der Waals surface area contributed by atoms with Gasteiger partial charge in [0, 0.05) is 11.8 Å². The molecule has 24 heavy (non-hydrogen) atoms. The fourth-order valence-electron chi connectivity index (χ4n) is 2.08. The molecule has 0 fully saturated rings. The highest BCUT2D eigenvalue weighted by Gasteiger charge is 2.36. The van der Waals surface area contributed by atoms with E-state index in [1.807, 2.05) is 0 Å². The number of aromatic nitrogens is 3.